The Morgan fingerprint density at radius 3 is 2.73 bits per heavy atom. The predicted octanol–water partition coefficient (Wildman–Crippen LogP) is 3.82. The molecule has 0 saturated heterocycles. The number of nitrogens with two attached hydrogens (primary N) is 1. The maximum absolute atomic E-state index is 12.7. The molecule has 1 aromatic carbocycles. The van der Waals surface area contributed by atoms with E-state index in [1.165, 1.54) is 18.7 Å². The number of allylic oxidation sites excluding steroid dienone is 1. The molecule has 1 unspecified atom stereocenters. The minimum atomic E-state index is -1.20. The average Bonchev–Trinajstić information content (AvgIpc) is 3.23. The molecule has 7 heteroatoms. The fourth-order valence-electron chi connectivity index (χ4n) is 5.12. The molecule has 3 aliphatic rings. The smallest absolute Gasteiger partial charge is 0.341 e. The van der Waals surface area contributed by atoms with Crippen molar-refractivity contribution in [2.45, 2.75) is 58.0 Å². The number of carbonyl (C=O) groups is 1. The number of aromatic carboxylic acids is 1. The van der Waals surface area contributed by atoms with Crippen LogP contribution in [0.3, 0.4) is 0 Å². The summed E-state index contributed by atoms with van der Waals surface area (Å²) >= 11 is 0. The third-order valence-corrected chi connectivity index (χ3v) is 7.17. The molecule has 5 rings (SSSR count). The lowest BCUT2D eigenvalue weighted by Crippen LogP contribution is -2.28. The van der Waals surface area contributed by atoms with Gasteiger partial charge in [-0.1, -0.05) is 13.8 Å². The van der Waals surface area contributed by atoms with E-state index in [0.717, 1.165) is 65.0 Å². The first-order valence-electron chi connectivity index (χ1n) is 11.7. The molecule has 0 spiro atoms. The van der Waals surface area contributed by atoms with E-state index in [4.69, 9.17) is 15.5 Å². The van der Waals surface area contributed by atoms with Gasteiger partial charge in [0, 0.05) is 65.4 Å². The van der Waals surface area contributed by atoms with Crippen molar-refractivity contribution in [1.29, 1.82) is 0 Å². The van der Waals surface area contributed by atoms with Gasteiger partial charge in [-0.25, -0.2) is 4.79 Å². The van der Waals surface area contributed by atoms with Crippen LogP contribution in [0.25, 0.3) is 16.8 Å². The topological polar surface area (TPSA) is 107 Å². The number of benzene rings is 1. The summed E-state index contributed by atoms with van der Waals surface area (Å²) in [6, 6.07) is 4.01. The Morgan fingerprint density at radius 1 is 1.30 bits per heavy atom. The number of carboxylic acid groups (broad SMARTS) is 1. The Labute approximate surface area is 192 Å². The quantitative estimate of drug-likeness (QED) is 0.678. The number of hydrogen-bond donors (Lipinski definition) is 2. The molecule has 1 saturated carbocycles. The highest BCUT2D eigenvalue weighted by molar-refractivity contribution is 6.11. The summed E-state index contributed by atoms with van der Waals surface area (Å²) in [5.41, 5.74) is 11.1. The Balaban J connectivity index is 1.70. The van der Waals surface area contributed by atoms with Gasteiger partial charge in [-0.05, 0) is 43.2 Å². The molecular weight excluding hydrogens is 418 g/mol. The van der Waals surface area contributed by atoms with Gasteiger partial charge in [0.15, 0.2) is 5.43 Å². The van der Waals surface area contributed by atoms with Gasteiger partial charge in [0.1, 0.15) is 11.3 Å². The lowest BCUT2D eigenvalue weighted by atomic mass is 9.82. The normalized spacial score (nSPS) is 19.7. The Morgan fingerprint density at radius 2 is 2.09 bits per heavy atom. The second-order valence-electron chi connectivity index (χ2n) is 9.51. The number of nitrogens with zero attached hydrogens (tertiary/aromatic N) is 2. The molecule has 0 bridgehead atoms. The number of carboxylic acids is 1. The Hall–Kier alpha value is -3.35. The van der Waals surface area contributed by atoms with Gasteiger partial charge in [-0.3, -0.25) is 9.79 Å². The fraction of sp³-hybridized carbons (Fsp3) is 0.423. The minimum absolute atomic E-state index is 0.0355. The number of pyridine rings is 1. The third kappa shape index (κ3) is 3.56. The second kappa shape index (κ2) is 8.21. The van der Waals surface area contributed by atoms with Crippen molar-refractivity contribution in [3.05, 3.63) is 57.0 Å². The van der Waals surface area contributed by atoms with Crippen LogP contribution in [0, 0.1) is 5.92 Å². The van der Waals surface area contributed by atoms with Crippen LogP contribution in [0.4, 0.5) is 0 Å². The maximum Gasteiger partial charge on any atom is 0.341 e. The summed E-state index contributed by atoms with van der Waals surface area (Å²) in [4.78, 5) is 29.0. The summed E-state index contributed by atoms with van der Waals surface area (Å²) in [6.07, 6.45) is 9.89. The van der Waals surface area contributed by atoms with E-state index in [-0.39, 0.29) is 17.5 Å². The first kappa shape index (κ1) is 21.5. The van der Waals surface area contributed by atoms with Crippen molar-refractivity contribution in [2.24, 2.45) is 16.6 Å². The van der Waals surface area contributed by atoms with E-state index in [0.29, 0.717) is 12.6 Å². The van der Waals surface area contributed by atoms with Gasteiger partial charge in [0.25, 0.3) is 0 Å². The van der Waals surface area contributed by atoms with Crippen molar-refractivity contribution < 1.29 is 14.6 Å². The molecule has 172 valence electrons. The van der Waals surface area contributed by atoms with Crippen molar-refractivity contribution in [3.63, 3.8) is 0 Å². The van der Waals surface area contributed by atoms with Crippen LogP contribution in [0.2, 0.25) is 0 Å². The Kier molecular flexibility index (Phi) is 5.35. The first-order chi connectivity index (χ1) is 15.9. The number of aromatic nitrogens is 1. The van der Waals surface area contributed by atoms with E-state index < -0.39 is 11.4 Å². The van der Waals surface area contributed by atoms with Crippen molar-refractivity contribution >= 4 is 17.8 Å². The highest BCUT2D eigenvalue weighted by Gasteiger charge is 2.33. The lowest BCUT2D eigenvalue weighted by molar-refractivity contribution is 0.0694. The maximum atomic E-state index is 12.7. The molecule has 2 aromatic rings. The van der Waals surface area contributed by atoms with E-state index in [1.807, 2.05) is 10.8 Å². The monoisotopic (exact) mass is 447 g/mol. The number of aliphatic imine (C=N–C) groups is 1. The highest BCUT2D eigenvalue weighted by Crippen LogP contribution is 2.47. The van der Waals surface area contributed by atoms with E-state index >= 15 is 0 Å². The molecule has 7 nitrogen and oxygen atoms in total. The van der Waals surface area contributed by atoms with E-state index in [9.17, 15) is 14.7 Å². The Bertz CT molecular complexity index is 1250. The summed E-state index contributed by atoms with van der Waals surface area (Å²) in [6.45, 7) is 4.79. The summed E-state index contributed by atoms with van der Waals surface area (Å²) in [7, 11) is 0. The molecule has 2 aliphatic heterocycles. The summed E-state index contributed by atoms with van der Waals surface area (Å²) in [5.74, 6) is -0.162. The summed E-state index contributed by atoms with van der Waals surface area (Å²) in [5, 5.41) is 9.51. The predicted molar refractivity (Wildman–Crippen MR) is 128 cm³/mol. The van der Waals surface area contributed by atoms with Crippen LogP contribution in [0.5, 0.6) is 5.75 Å². The molecule has 1 aliphatic carbocycles. The summed E-state index contributed by atoms with van der Waals surface area (Å²) < 4.78 is 8.05. The zero-order chi connectivity index (χ0) is 23.3. The largest absolute Gasteiger partial charge is 0.492 e. The first-order valence-corrected chi connectivity index (χ1v) is 11.7. The molecule has 1 aromatic heterocycles. The molecular formula is C26H29N3O4. The van der Waals surface area contributed by atoms with Crippen molar-refractivity contribution in [2.75, 3.05) is 6.61 Å². The number of hydrogen-bond acceptors (Lipinski definition) is 5. The van der Waals surface area contributed by atoms with Gasteiger partial charge in [-0.2, -0.15) is 0 Å². The van der Waals surface area contributed by atoms with Gasteiger partial charge >= 0.3 is 5.97 Å². The van der Waals surface area contributed by atoms with Crippen molar-refractivity contribution in [3.8, 4) is 17.0 Å². The number of ether oxygens (including phenoxy) is 1. The number of fused-ring (bicyclic) bond motifs is 5. The zero-order valence-electron chi connectivity index (χ0n) is 19.0. The minimum Gasteiger partial charge on any atom is -0.492 e. The van der Waals surface area contributed by atoms with Crippen LogP contribution in [-0.4, -0.2) is 34.5 Å². The molecule has 3 heterocycles. The van der Waals surface area contributed by atoms with E-state index in [2.05, 4.69) is 19.9 Å². The molecule has 1 atom stereocenters. The highest BCUT2D eigenvalue weighted by atomic mass is 16.5. The standard InChI is InChI=1S/C26H29N3O4/c1-14(2)21-9-15-8-19(16(11-27)12-28-17-4-3-5-17)25-18(6-7-33-25)24(15)22-10-23(30)20(26(31)32)13-29(21)22/h8,10-14,17,21H,3-7,9,27H2,1-2H3,(H,31,32). The molecule has 0 radical (unpaired) electrons. The van der Waals surface area contributed by atoms with Crippen LogP contribution >= 0.6 is 0 Å². The SMILES string of the molecule is CC(C)C1Cc2cc(C(C=NC3CCC3)=CN)c3c(c2-c2cc(=O)c(C(=O)O)cn21)CCO3. The lowest BCUT2D eigenvalue weighted by Gasteiger charge is -2.34. The van der Waals surface area contributed by atoms with Crippen LogP contribution < -0.4 is 15.9 Å². The van der Waals surface area contributed by atoms with Crippen LogP contribution in [0.1, 0.15) is 66.2 Å². The van der Waals surface area contributed by atoms with Gasteiger partial charge in [-0.15, -0.1) is 0 Å². The van der Waals surface area contributed by atoms with Crippen LogP contribution in [0.15, 0.2) is 34.3 Å². The average molecular weight is 448 g/mol. The zero-order valence-corrected chi connectivity index (χ0v) is 19.0. The molecule has 33 heavy (non-hydrogen) atoms. The van der Waals surface area contributed by atoms with Crippen LogP contribution in [-0.2, 0) is 12.8 Å². The van der Waals surface area contributed by atoms with E-state index in [1.54, 1.807) is 6.20 Å². The van der Waals surface area contributed by atoms with Gasteiger partial charge in [0.05, 0.1) is 12.3 Å². The molecule has 3 N–H and O–H groups in total. The van der Waals surface area contributed by atoms with Gasteiger partial charge < -0.3 is 20.1 Å². The third-order valence-electron chi connectivity index (χ3n) is 7.17. The molecule has 1 fully saturated rings. The molecule has 0 amide bonds. The van der Waals surface area contributed by atoms with Gasteiger partial charge in [0.2, 0.25) is 0 Å². The number of rotatable bonds is 5. The fourth-order valence-corrected chi connectivity index (χ4v) is 5.12. The van der Waals surface area contributed by atoms with Crippen molar-refractivity contribution in [1.82, 2.24) is 4.57 Å². The second-order valence-corrected chi connectivity index (χ2v) is 9.51.